The Kier molecular flexibility index (Phi) is 8.61. The summed E-state index contributed by atoms with van der Waals surface area (Å²) in [6.07, 6.45) is 2.87. The second-order valence-electron chi connectivity index (χ2n) is 10.1. The number of hydrogen-bond donors (Lipinski definition) is 1. The summed E-state index contributed by atoms with van der Waals surface area (Å²) in [7, 11) is 0. The lowest BCUT2D eigenvalue weighted by Gasteiger charge is -2.26. The van der Waals surface area contributed by atoms with Gasteiger partial charge in [0, 0.05) is 28.8 Å². The molecule has 1 unspecified atom stereocenters. The Labute approximate surface area is 246 Å². The van der Waals surface area contributed by atoms with Crippen molar-refractivity contribution in [1.82, 2.24) is 9.55 Å². The number of carboxylic acid groups (broad SMARTS) is 1. The number of hydrogen-bond acceptors (Lipinski definition) is 5. The minimum atomic E-state index is -2.84. The van der Waals surface area contributed by atoms with Crippen molar-refractivity contribution in [2.75, 3.05) is 4.31 Å². The Hall–Kier alpha value is -4.60. The van der Waals surface area contributed by atoms with Gasteiger partial charge in [-0.25, -0.2) is 14.1 Å². The smallest absolute Gasteiger partial charge is 0.354 e. The van der Waals surface area contributed by atoms with Crippen LogP contribution in [-0.2, 0) is 24.2 Å². The van der Waals surface area contributed by atoms with E-state index in [9.17, 15) is 23.5 Å². The van der Waals surface area contributed by atoms with Crippen LogP contribution >= 0.6 is 0 Å². The maximum atomic E-state index is 13.2. The van der Waals surface area contributed by atoms with Crippen LogP contribution in [0.5, 0.6) is 0 Å². The van der Waals surface area contributed by atoms with Gasteiger partial charge in [0.1, 0.15) is 5.65 Å². The minimum absolute atomic E-state index is 0.0127. The Morgan fingerprint density at radius 3 is 2.33 bits per heavy atom. The zero-order chi connectivity index (χ0) is 29.8. The molecule has 9 heteroatoms. The van der Waals surface area contributed by atoms with Crippen LogP contribution < -0.4 is 4.31 Å². The zero-order valence-corrected chi connectivity index (χ0v) is 24.1. The van der Waals surface area contributed by atoms with Gasteiger partial charge in [0.05, 0.1) is 17.0 Å². The molecule has 0 aliphatic heterocycles. The molecule has 42 heavy (non-hydrogen) atoms. The predicted molar refractivity (Wildman–Crippen MR) is 163 cm³/mol. The van der Waals surface area contributed by atoms with E-state index < -0.39 is 23.1 Å². The molecule has 0 fully saturated rings. The number of aromatic carboxylic acids is 1. The number of aryl methyl sites for hydroxylation is 2. The molecule has 0 spiro atoms. The molecule has 1 atom stereocenters. The van der Waals surface area contributed by atoms with Crippen LogP contribution in [0.4, 0.5) is 5.69 Å². The first-order valence-electron chi connectivity index (χ1n) is 13.7. The van der Waals surface area contributed by atoms with Crippen molar-refractivity contribution in [1.29, 1.82) is 0 Å². The number of carbonyl (C=O) groups excluding carboxylic acids is 1. The van der Waals surface area contributed by atoms with Gasteiger partial charge in [-0.3, -0.25) is 9.00 Å². The second kappa shape index (κ2) is 12.5. The fourth-order valence-electron chi connectivity index (χ4n) is 5.10. The van der Waals surface area contributed by atoms with Gasteiger partial charge in [-0.2, -0.15) is 0 Å². The Morgan fingerprint density at radius 1 is 0.976 bits per heavy atom. The third-order valence-electron chi connectivity index (χ3n) is 7.25. The van der Waals surface area contributed by atoms with E-state index in [1.807, 2.05) is 31.2 Å². The van der Waals surface area contributed by atoms with Gasteiger partial charge in [0.2, 0.25) is 0 Å². The highest BCUT2D eigenvalue weighted by Gasteiger charge is 2.22. The molecule has 214 valence electrons. The van der Waals surface area contributed by atoms with Crippen LogP contribution in [0.1, 0.15) is 57.4 Å². The number of para-hydroxylation sites is 1. The fourth-order valence-corrected chi connectivity index (χ4v) is 5.66. The number of amides is 1. The topological polar surface area (TPSA) is 116 Å². The summed E-state index contributed by atoms with van der Waals surface area (Å²) in [6.45, 7) is 4.52. The van der Waals surface area contributed by atoms with Crippen LogP contribution in [0.2, 0.25) is 0 Å². The van der Waals surface area contributed by atoms with E-state index in [-0.39, 0.29) is 16.9 Å². The van der Waals surface area contributed by atoms with Crippen molar-refractivity contribution in [2.24, 2.45) is 0 Å². The van der Waals surface area contributed by atoms with Gasteiger partial charge in [0.15, 0.2) is 5.69 Å². The highest BCUT2D eigenvalue weighted by Crippen LogP contribution is 2.33. The lowest BCUT2D eigenvalue weighted by molar-refractivity contribution is 0.0690. The van der Waals surface area contributed by atoms with Gasteiger partial charge < -0.3 is 14.2 Å². The first kappa shape index (κ1) is 28.9. The summed E-state index contributed by atoms with van der Waals surface area (Å²) < 4.78 is 27.4. The molecule has 8 nitrogen and oxygen atoms in total. The Bertz CT molecular complexity index is 1780. The standard InChI is InChI=1S/C33H31N3O5S/c1-3-4-12-26-20-28-22(2)19-29(33(38)39)34-31(28)35(26)21-23-15-17-24(18-16-23)27-13-8-9-14-30(27)36(42(40)41)32(37)25-10-6-5-7-11-25/h5-11,13-20H,3-4,12,21H2,1-2H3,(H,38,39)(H,40,41)/p-1. The number of carbonyl (C=O) groups is 2. The average Bonchev–Trinajstić information content (AvgIpc) is 3.34. The molecule has 0 radical (unpaired) electrons. The fraction of sp³-hybridized carbons (Fsp3) is 0.182. The third kappa shape index (κ3) is 5.88. The van der Waals surface area contributed by atoms with Crippen molar-refractivity contribution < 1.29 is 23.5 Å². The molecule has 2 heterocycles. The number of aromatic nitrogens is 2. The van der Waals surface area contributed by atoms with Crippen LogP contribution in [-0.4, -0.2) is 35.3 Å². The molecule has 0 saturated heterocycles. The van der Waals surface area contributed by atoms with E-state index in [2.05, 4.69) is 22.5 Å². The number of benzene rings is 3. The molecule has 3 aromatic carbocycles. The second-order valence-corrected chi connectivity index (χ2v) is 10.9. The molecule has 5 aromatic rings. The number of carboxylic acids is 1. The number of nitrogens with zero attached hydrogens (tertiary/aromatic N) is 3. The quantitative estimate of drug-likeness (QED) is 0.188. The molecular weight excluding hydrogens is 550 g/mol. The van der Waals surface area contributed by atoms with Crippen LogP contribution in [0.3, 0.4) is 0 Å². The number of unbranched alkanes of at least 4 members (excludes halogenated alkanes) is 1. The Balaban J connectivity index is 1.51. The monoisotopic (exact) mass is 580 g/mol. The van der Waals surface area contributed by atoms with Crippen molar-refractivity contribution in [2.45, 2.75) is 39.7 Å². The summed E-state index contributed by atoms with van der Waals surface area (Å²) in [5.41, 5.74) is 5.44. The molecule has 1 N–H and O–H groups in total. The zero-order valence-electron chi connectivity index (χ0n) is 23.3. The molecule has 0 aliphatic rings. The van der Waals surface area contributed by atoms with E-state index in [1.54, 1.807) is 60.7 Å². The summed E-state index contributed by atoms with van der Waals surface area (Å²) in [6, 6.07) is 26.6. The third-order valence-corrected chi connectivity index (χ3v) is 7.91. The Morgan fingerprint density at radius 2 is 1.67 bits per heavy atom. The highest BCUT2D eigenvalue weighted by atomic mass is 32.2. The number of rotatable bonds is 10. The van der Waals surface area contributed by atoms with Gasteiger partial charge in [-0.15, -0.1) is 0 Å². The molecule has 0 aliphatic carbocycles. The van der Waals surface area contributed by atoms with E-state index in [0.717, 1.165) is 51.3 Å². The lowest BCUT2D eigenvalue weighted by Crippen LogP contribution is -2.33. The molecule has 0 bridgehead atoms. The predicted octanol–water partition coefficient (Wildman–Crippen LogP) is 6.54. The largest absolute Gasteiger partial charge is 0.755 e. The summed E-state index contributed by atoms with van der Waals surface area (Å²) >= 11 is -2.84. The van der Waals surface area contributed by atoms with Crippen LogP contribution in [0.25, 0.3) is 22.2 Å². The SMILES string of the molecule is CCCCc1cc2c(C)cc(C(=O)O)nc2n1Cc1ccc(-c2ccccc2N(C(=O)c2ccccc2)S(=O)[O-])cc1. The number of anilines is 1. The van der Waals surface area contributed by atoms with E-state index in [1.165, 1.54) is 0 Å². The van der Waals surface area contributed by atoms with Crippen LogP contribution in [0.15, 0.2) is 91.0 Å². The highest BCUT2D eigenvalue weighted by molar-refractivity contribution is 7.81. The van der Waals surface area contributed by atoms with Gasteiger partial charge in [0.25, 0.3) is 5.91 Å². The molecule has 2 aromatic heterocycles. The van der Waals surface area contributed by atoms with E-state index >= 15 is 0 Å². The first-order valence-corrected chi connectivity index (χ1v) is 14.7. The summed E-state index contributed by atoms with van der Waals surface area (Å²) in [5.74, 6) is -1.71. The van der Waals surface area contributed by atoms with Gasteiger partial charge in [-0.05, 0) is 66.8 Å². The van der Waals surface area contributed by atoms with Crippen molar-refractivity contribution in [3.63, 3.8) is 0 Å². The first-order chi connectivity index (χ1) is 20.3. The van der Waals surface area contributed by atoms with Crippen molar-refractivity contribution in [3.05, 3.63) is 119 Å². The van der Waals surface area contributed by atoms with Gasteiger partial charge in [-0.1, -0.05) is 74.0 Å². The maximum absolute atomic E-state index is 13.2. The minimum Gasteiger partial charge on any atom is -0.755 e. The van der Waals surface area contributed by atoms with Gasteiger partial charge >= 0.3 is 5.97 Å². The van der Waals surface area contributed by atoms with Crippen molar-refractivity contribution in [3.8, 4) is 11.1 Å². The average molecular weight is 581 g/mol. The van der Waals surface area contributed by atoms with Crippen molar-refractivity contribution >= 4 is 39.9 Å². The van der Waals surface area contributed by atoms with E-state index in [0.29, 0.717) is 17.8 Å². The molecule has 1 amide bonds. The van der Waals surface area contributed by atoms with Crippen LogP contribution in [0, 0.1) is 6.92 Å². The normalized spacial score (nSPS) is 11.9. The van der Waals surface area contributed by atoms with E-state index in [4.69, 9.17) is 0 Å². The molecule has 5 rings (SSSR count). The summed E-state index contributed by atoms with van der Waals surface area (Å²) in [4.78, 5) is 29.4. The molecule has 0 saturated carbocycles. The summed E-state index contributed by atoms with van der Waals surface area (Å²) in [5, 5.41) is 10.5. The lowest BCUT2D eigenvalue weighted by atomic mass is 10.0. The molecular formula is C33H30N3O5S-. The number of pyridine rings is 1. The maximum Gasteiger partial charge on any atom is 0.354 e. The number of fused-ring (bicyclic) bond motifs is 1.